The van der Waals surface area contributed by atoms with E-state index in [1.165, 1.54) is 32.4 Å². The summed E-state index contributed by atoms with van der Waals surface area (Å²) >= 11 is 2.12. The normalized spacial score (nSPS) is 22.0. The number of likely N-dealkylation sites (tertiary alicyclic amines) is 1. The lowest BCUT2D eigenvalue weighted by atomic mass is 10.4. The first-order chi connectivity index (χ1) is 5.74. The summed E-state index contributed by atoms with van der Waals surface area (Å²) in [7, 11) is 0. The highest BCUT2D eigenvalue weighted by molar-refractivity contribution is 8.00. The maximum absolute atomic E-state index is 2.64. The third kappa shape index (κ3) is 2.98. The second kappa shape index (κ2) is 5.13. The topological polar surface area (TPSA) is 3.24 Å². The third-order valence-electron chi connectivity index (χ3n) is 2.33. The van der Waals surface area contributed by atoms with Crippen molar-refractivity contribution in [3.05, 3.63) is 0 Å². The molecule has 1 heterocycles. The Morgan fingerprint density at radius 3 is 2.25 bits per heavy atom. The molecule has 1 aliphatic rings. The highest BCUT2D eigenvalue weighted by Gasteiger charge is 2.21. The Labute approximate surface area is 80.9 Å². The Balaban J connectivity index is 2.32. The van der Waals surface area contributed by atoms with E-state index in [-0.39, 0.29) is 0 Å². The maximum atomic E-state index is 2.64. The van der Waals surface area contributed by atoms with Crippen LogP contribution in [-0.2, 0) is 0 Å². The fourth-order valence-electron chi connectivity index (χ4n) is 1.78. The number of nitrogens with zero attached hydrogens (tertiary/aromatic N) is 1. The largest absolute Gasteiger partial charge is 0.291 e. The molecule has 1 unspecified atom stereocenters. The first-order valence-electron chi connectivity index (χ1n) is 5.13. The molecule has 0 aliphatic carbocycles. The van der Waals surface area contributed by atoms with E-state index in [1.807, 2.05) is 0 Å². The van der Waals surface area contributed by atoms with Gasteiger partial charge in [-0.1, -0.05) is 20.8 Å². The Kier molecular flexibility index (Phi) is 4.44. The average Bonchev–Trinajstić information content (AvgIpc) is 2.51. The molecule has 0 amide bonds. The molecular weight excluding hydrogens is 166 g/mol. The van der Waals surface area contributed by atoms with Gasteiger partial charge >= 0.3 is 0 Å². The Morgan fingerprint density at radius 2 is 1.83 bits per heavy atom. The van der Waals surface area contributed by atoms with Gasteiger partial charge in [-0.15, -0.1) is 11.8 Å². The molecule has 0 bridgehead atoms. The molecule has 0 aromatic rings. The monoisotopic (exact) mass is 187 g/mol. The average molecular weight is 187 g/mol. The highest BCUT2D eigenvalue weighted by Crippen LogP contribution is 2.26. The zero-order chi connectivity index (χ0) is 8.97. The van der Waals surface area contributed by atoms with E-state index >= 15 is 0 Å². The molecule has 1 fully saturated rings. The molecule has 72 valence electrons. The minimum atomic E-state index is 0.774. The van der Waals surface area contributed by atoms with Gasteiger partial charge < -0.3 is 0 Å². The van der Waals surface area contributed by atoms with Gasteiger partial charge in [0, 0.05) is 5.25 Å². The van der Waals surface area contributed by atoms with Gasteiger partial charge in [0.15, 0.2) is 0 Å². The van der Waals surface area contributed by atoms with Gasteiger partial charge in [-0.3, -0.25) is 4.90 Å². The fraction of sp³-hybridized carbons (Fsp3) is 1.00. The van der Waals surface area contributed by atoms with Crippen LogP contribution in [0.3, 0.4) is 0 Å². The number of hydrogen-bond acceptors (Lipinski definition) is 2. The lowest BCUT2D eigenvalue weighted by Gasteiger charge is -2.27. The smallest absolute Gasteiger partial charge is 0.0557 e. The zero-order valence-corrected chi connectivity index (χ0v) is 9.36. The van der Waals surface area contributed by atoms with Crippen molar-refractivity contribution in [2.75, 3.05) is 13.1 Å². The molecule has 12 heavy (non-hydrogen) atoms. The van der Waals surface area contributed by atoms with Gasteiger partial charge in [0.2, 0.25) is 0 Å². The summed E-state index contributed by atoms with van der Waals surface area (Å²) in [5.41, 5.74) is 0. The molecule has 1 nitrogen and oxygen atoms in total. The zero-order valence-electron chi connectivity index (χ0n) is 8.55. The van der Waals surface area contributed by atoms with Crippen LogP contribution in [0.2, 0.25) is 0 Å². The van der Waals surface area contributed by atoms with Gasteiger partial charge in [0.25, 0.3) is 0 Å². The molecule has 0 spiro atoms. The molecular formula is C10H21NS. The molecule has 1 saturated heterocycles. The first-order valence-corrected chi connectivity index (χ1v) is 6.07. The van der Waals surface area contributed by atoms with Gasteiger partial charge in [-0.2, -0.15) is 0 Å². The van der Waals surface area contributed by atoms with E-state index in [2.05, 4.69) is 37.4 Å². The van der Waals surface area contributed by atoms with Crippen LogP contribution < -0.4 is 0 Å². The van der Waals surface area contributed by atoms with Gasteiger partial charge in [-0.25, -0.2) is 0 Å². The van der Waals surface area contributed by atoms with Crippen molar-refractivity contribution in [2.24, 2.45) is 0 Å². The minimum absolute atomic E-state index is 0.774. The summed E-state index contributed by atoms with van der Waals surface area (Å²) in [4.78, 5) is 2.64. The molecule has 0 aromatic heterocycles. The van der Waals surface area contributed by atoms with Crippen LogP contribution in [0.4, 0.5) is 0 Å². The Morgan fingerprint density at radius 1 is 1.25 bits per heavy atom. The summed E-state index contributed by atoms with van der Waals surface area (Å²) in [5, 5.41) is 1.56. The third-order valence-corrected chi connectivity index (χ3v) is 3.82. The van der Waals surface area contributed by atoms with E-state index in [0.717, 1.165) is 10.6 Å². The van der Waals surface area contributed by atoms with E-state index in [9.17, 15) is 0 Å². The van der Waals surface area contributed by atoms with Crippen LogP contribution in [-0.4, -0.2) is 28.6 Å². The van der Waals surface area contributed by atoms with E-state index in [1.54, 1.807) is 0 Å². The molecule has 0 radical (unpaired) electrons. The van der Waals surface area contributed by atoms with Crippen LogP contribution in [0.5, 0.6) is 0 Å². The molecule has 0 N–H and O–H groups in total. The van der Waals surface area contributed by atoms with E-state index in [0.29, 0.717) is 0 Å². The predicted octanol–water partition coefficient (Wildman–Crippen LogP) is 2.96. The molecule has 1 atom stereocenters. The summed E-state index contributed by atoms with van der Waals surface area (Å²) in [5.74, 6) is 0. The van der Waals surface area contributed by atoms with Crippen LogP contribution in [0.25, 0.3) is 0 Å². The van der Waals surface area contributed by atoms with Gasteiger partial charge in [0.1, 0.15) is 0 Å². The second-order valence-electron chi connectivity index (χ2n) is 3.79. The van der Waals surface area contributed by atoms with Crippen molar-refractivity contribution in [1.82, 2.24) is 4.90 Å². The minimum Gasteiger partial charge on any atom is -0.291 e. The van der Waals surface area contributed by atoms with E-state index < -0.39 is 0 Å². The van der Waals surface area contributed by atoms with Crippen LogP contribution in [0, 0.1) is 0 Å². The Bertz CT molecular complexity index is 119. The molecule has 0 aromatic carbocycles. The van der Waals surface area contributed by atoms with Crippen LogP contribution in [0.15, 0.2) is 0 Å². The Hall–Kier alpha value is 0.310. The SMILES string of the molecule is CCC(SC(C)C)N1CCCC1. The van der Waals surface area contributed by atoms with Gasteiger partial charge in [-0.05, 0) is 32.4 Å². The van der Waals surface area contributed by atoms with Crippen molar-refractivity contribution >= 4 is 11.8 Å². The van der Waals surface area contributed by atoms with Crippen molar-refractivity contribution in [2.45, 2.75) is 50.7 Å². The lowest BCUT2D eigenvalue weighted by molar-refractivity contribution is 0.311. The summed E-state index contributed by atoms with van der Waals surface area (Å²) in [6.45, 7) is 9.56. The van der Waals surface area contributed by atoms with Crippen molar-refractivity contribution < 1.29 is 0 Å². The van der Waals surface area contributed by atoms with Gasteiger partial charge in [0.05, 0.1) is 5.37 Å². The summed E-state index contributed by atoms with van der Waals surface area (Å²) < 4.78 is 0. The van der Waals surface area contributed by atoms with Crippen LogP contribution >= 0.6 is 11.8 Å². The number of rotatable bonds is 4. The molecule has 2 heteroatoms. The second-order valence-corrected chi connectivity index (χ2v) is 5.55. The summed E-state index contributed by atoms with van der Waals surface area (Å²) in [6, 6.07) is 0. The van der Waals surface area contributed by atoms with Crippen molar-refractivity contribution in [3.8, 4) is 0 Å². The molecule has 1 aliphatic heterocycles. The van der Waals surface area contributed by atoms with Crippen molar-refractivity contribution in [1.29, 1.82) is 0 Å². The first kappa shape index (κ1) is 10.4. The summed E-state index contributed by atoms with van der Waals surface area (Å²) in [6.07, 6.45) is 4.12. The van der Waals surface area contributed by atoms with Crippen LogP contribution in [0.1, 0.15) is 40.0 Å². The quantitative estimate of drug-likeness (QED) is 0.665. The molecule has 1 rings (SSSR count). The maximum Gasteiger partial charge on any atom is 0.0557 e. The van der Waals surface area contributed by atoms with E-state index in [4.69, 9.17) is 0 Å². The fourth-order valence-corrected chi connectivity index (χ4v) is 2.99. The number of thioether (sulfide) groups is 1. The molecule has 0 saturated carbocycles. The predicted molar refractivity (Wildman–Crippen MR) is 57.6 cm³/mol. The van der Waals surface area contributed by atoms with Crippen molar-refractivity contribution in [3.63, 3.8) is 0 Å². The number of hydrogen-bond donors (Lipinski definition) is 0. The standard InChI is InChI=1S/C10H21NS/c1-4-10(12-9(2)3)11-7-5-6-8-11/h9-10H,4-8H2,1-3H3. The highest BCUT2D eigenvalue weighted by atomic mass is 32.2. The lowest BCUT2D eigenvalue weighted by Crippen LogP contribution is -2.30.